The molecule has 5 heteroatoms. The Morgan fingerprint density at radius 1 is 1.11 bits per heavy atom. The Labute approximate surface area is 107 Å². The molecule has 0 saturated carbocycles. The van der Waals surface area contributed by atoms with Gasteiger partial charge in [0.05, 0.1) is 12.0 Å². The average Bonchev–Trinajstić information content (AvgIpc) is 2.33. The van der Waals surface area contributed by atoms with Crippen molar-refractivity contribution in [1.29, 1.82) is 0 Å². The van der Waals surface area contributed by atoms with Crippen LogP contribution in [0.2, 0.25) is 0 Å². The van der Waals surface area contributed by atoms with Crippen molar-refractivity contribution in [3.63, 3.8) is 0 Å². The number of hydrogen-bond donors (Lipinski definition) is 4. The van der Waals surface area contributed by atoms with Crippen LogP contribution in [-0.4, -0.2) is 6.34 Å². The van der Waals surface area contributed by atoms with Crippen LogP contribution in [0.15, 0.2) is 28.6 Å². The maximum atomic E-state index is 6.37. The molecule has 0 aliphatic carbocycles. The van der Waals surface area contributed by atoms with E-state index >= 15 is 0 Å². The minimum atomic E-state index is -0.992. The zero-order valence-corrected chi connectivity index (χ0v) is 10.9. The molecular weight excluding hydrogens is 226 g/mol. The Bertz CT molecular complexity index is 559. The quantitative estimate of drug-likeness (QED) is 0.576. The SMILES string of the molecule is Cc1ccc(C2(N)NC=NC(N)=C2N)c(C)c1C. The first kappa shape index (κ1) is 12.4. The number of nitrogens with zero attached hydrogens (tertiary/aromatic N) is 1. The van der Waals surface area contributed by atoms with E-state index in [2.05, 4.69) is 24.2 Å². The molecule has 18 heavy (non-hydrogen) atoms. The summed E-state index contributed by atoms with van der Waals surface area (Å²) in [5, 5.41) is 3.00. The molecule has 0 bridgehead atoms. The van der Waals surface area contributed by atoms with Crippen molar-refractivity contribution >= 4 is 6.34 Å². The van der Waals surface area contributed by atoms with Crippen LogP contribution in [-0.2, 0) is 5.66 Å². The summed E-state index contributed by atoms with van der Waals surface area (Å²) in [5.74, 6) is 0.258. The molecule has 1 aliphatic rings. The number of hydrogen-bond acceptors (Lipinski definition) is 5. The summed E-state index contributed by atoms with van der Waals surface area (Å²) in [5.41, 5.74) is 21.9. The summed E-state index contributed by atoms with van der Waals surface area (Å²) in [7, 11) is 0. The van der Waals surface area contributed by atoms with Gasteiger partial charge in [-0.05, 0) is 37.5 Å². The van der Waals surface area contributed by atoms with Crippen molar-refractivity contribution in [2.75, 3.05) is 0 Å². The fourth-order valence-corrected chi connectivity index (χ4v) is 2.16. The molecule has 0 aromatic heterocycles. The Balaban J connectivity index is 2.63. The third kappa shape index (κ3) is 1.64. The van der Waals surface area contributed by atoms with Gasteiger partial charge in [0.25, 0.3) is 0 Å². The van der Waals surface area contributed by atoms with Crippen LogP contribution in [0.4, 0.5) is 0 Å². The third-order valence-electron chi connectivity index (χ3n) is 3.68. The van der Waals surface area contributed by atoms with Gasteiger partial charge in [-0.15, -0.1) is 0 Å². The predicted molar refractivity (Wildman–Crippen MR) is 73.5 cm³/mol. The van der Waals surface area contributed by atoms with Crippen molar-refractivity contribution in [3.05, 3.63) is 45.9 Å². The normalized spacial score (nSPS) is 23.1. The van der Waals surface area contributed by atoms with E-state index in [1.54, 1.807) is 0 Å². The van der Waals surface area contributed by atoms with E-state index in [9.17, 15) is 0 Å². The van der Waals surface area contributed by atoms with Crippen LogP contribution in [0.1, 0.15) is 22.3 Å². The van der Waals surface area contributed by atoms with E-state index in [4.69, 9.17) is 17.2 Å². The van der Waals surface area contributed by atoms with Gasteiger partial charge < -0.3 is 16.8 Å². The topological polar surface area (TPSA) is 102 Å². The Morgan fingerprint density at radius 2 is 1.78 bits per heavy atom. The number of rotatable bonds is 1. The monoisotopic (exact) mass is 245 g/mol. The van der Waals surface area contributed by atoms with E-state index < -0.39 is 5.66 Å². The fraction of sp³-hybridized carbons (Fsp3) is 0.308. The molecule has 0 spiro atoms. The largest absolute Gasteiger partial charge is 0.396 e. The van der Waals surface area contributed by atoms with Crippen LogP contribution < -0.4 is 22.5 Å². The molecule has 96 valence electrons. The second-order valence-corrected chi connectivity index (χ2v) is 4.69. The molecule has 1 aromatic rings. The van der Waals surface area contributed by atoms with Gasteiger partial charge in [-0.2, -0.15) is 0 Å². The van der Waals surface area contributed by atoms with Crippen LogP contribution in [0.5, 0.6) is 0 Å². The second-order valence-electron chi connectivity index (χ2n) is 4.69. The molecular formula is C13H19N5. The van der Waals surface area contributed by atoms with Crippen LogP contribution in [0.3, 0.4) is 0 Å². The third-order valence-corrected chi connectivity index (χ3v) is 3.68. The molecule has 1 aromatic carbocycles. The number of nitrogens with two attached hydrogens (primary N) is 3. The fourth-order valence-electron chi connectivity index (χ4n) is 2.16. The van der Waals surface area contributed by atoms with Crippen molar-refractivity contribution in [2.45, 2.75) is 26.4 Å². The summed E-state index contributed by atoms with van der Waals surface area (Å²) in [6, 6.07) is 4.01. The standard InChI is InChI=1S/C13H19N5/c1-7-4-5-10(9(3)8(7)2)13(16)11(14)12(15)17-6-18-13/h4-6H,14-16H2,1-3H3,(H,17,18). The molecule has 0 amide bonds. The lowest BCUT2D eigenvalue weighted by atomic mass is 9.88. The lowest BCUT2D eigenvalue weighted by Crippen LogP contribution is -2.56. The number of nitrogens with one attached hydrogen (secondary N) is 1. The van der Waals surface area contributed by atoms with Gasteiger partial charge >= 0.3 is 0 Å². The van der Waals surface area contributed by atoms with Crippen molar-refractivity contribution < 1.29 is 0 Å². The highest BCUT2D eigenvalue weighted by Gasteiger charge is 2.35. The van der Waals surface area contributed by atoms with Crippen LogP contribution in [0.25, 0.3) is 0 Å². The maximum absolute atomic E-state index is 6.37. The number of aliphatic imine (C=N–C) groups is 1. The Hall–Kier alpha value is -2.01. The maximum Gasteiger partial charge on any atom is 0.158 e. The number of benzene rings is 1. The van der Waals surface area contributed by atoms with E-state index in [1.807, 2.05) is 19.1 Å². The van der Waals surface area contributed by atoms with Gasteiger partial charge in [0.15, 0.2) is 5.66 Å². The van der Waals surface area contributed by atoms with Gasteiger partial charge in [-0.1, -0.05) is 12.1 Å². The summed E-state index contributed by atoms with van der Waals surface area (Å²) < 4.78 is 0. The van der Waals surface area contributed by atoms with E-state index in [-0.39, 0.29) is 5.82 Å². The Kier molecular flexibility index (Phi) is 2.78. The molecule has 7 N–H and O–H groups in total. The summed E-state index contributed by atoms with van der Waals surface area (Å²) in [6.07, 6.45) is 1.49. The first-order valence-electron chi connectivity index (χ1n) is 5.80. The van der Waals surface area contributed by atoms with Gasteiger partial charge in [0.2, 0.25) is 0 Å². The van der Waals surface area contributed by atoms with Crippen molar-refractivity contribution in [2.24, 2.45) is 22.2 Å². The molecule has 1 atom stereocenters. The highest BCUT2D eigenvalue weighted by Crippen LogP contribution is 2.29. The van der Waals surface area contributed by atoms with Gasteiger partial charge in [0.1, 0.15) is 5.82 Å². The molecule has 0 saturated heterocycles. The summed E-state index contributed by atoms with van der Waals surface area (Å²) >= 11 is 0. The molecule has 5 nitrogen and oxygen atoms in total. The first-order valence-corrected chi connectivity index (χ1v) is 5.80. The lowest BCUT2D eigenvalue weighted by molar-refractivity contribution is 0.469. The number of aryl methyl sites for hydroxylation is 1. The molecule has 2 rings (SSSR count). The Morgan fingerprint density at radius 3 is 2.44 bits per heavy atom. The molecule has 0 fully saturated rings. The first-order chi connectivity index (χ1) is 8.38. The zero-order valence-electron chi connectivity index (χ0n) is 10.9. The van der Waals surface area contributed by atoms with Gasteiger partial charge in [0, 0.05) is 5.56 Å². The van der Waals surface area contributed by atoms with Crippen LogP contribution >= 0.6 is 0 Å². The molecule has 1 unspecified atom stereocenters. The smallest absolute Gasteiger partial charge is 0.158 e. The van der Waals surface area contributed by atoms with Crippen molar-refractivity contribution in [3.8, 4) is 0 Å². The minimum absolute atomic E-state index is 0.258. The van der Waals surface area contributed by atoms with Gasteiger partial charge in [-0.3, -0.25) is 5.73 Å². The average molecular weight is 245 g/mol. The minimum Gasteiger partial charge on any atom is -0.396 e. The van der Waals surface area contributed by atoms with Crippen LogP contribution in [0, 0.1) is 20.8 Å². The highest BCUT2D eigenvalue weighted by molar-refractivity contribution is 5.63. The van der Waals surface area contributed by atoms with E-state index in [0.29, 0.717) is 5.70 Å². The zero-order chi connectivity index (χ0) is 13.5. The summed E-state index contributed by atoms with van der Waals surface area (Å²) in [4.78, 5) is 3.92. The molecule has 1 heterocycles. The predicted octanol–water partition coefficient (Wildman–Crippen LogP) is 0.441. The lowest BCUT2D eigenvalue weighted by Gasteiger charge is -2.35. The van der Waals surface area contributed by atoms with Gasteiger partial charge in [-0.25, -0.2) is 4.99 Å². The van der Waals surface area contributed by atoms with Crippen molar-refractivity contribution in [1.82, 2.24) is 5.32 Å². The highest BCUT2D eigenvalue weighted by atomic mass is 15.2. The second kappa shape index (κ2) is 4.03. The molecule has 1 aliphatic heterocycles. The molecule has 0 radical (unpaired) electrons. The van der Waals surface area contributed by atoms with E-state index in [1.165, 1.54) is 17.5 Å². The van der Waals surface area contributed by atoms with E-state index in [0.717, 1.165) is 11.1 Å². The summed E-state index contributed by atoms with van der Waals surface area (Å²) in [6.45, 7) is 6.17.